The molecule has 1 aromatic rings. The van der Waals surface area contributed by atoms with Crippen molar-refractivity contribution in [3.05, 3.63) is 33.7 Å². The van der Waals surface area contributed by atoms with Gasteiger partial charge in [-0.15, -0.1) is 0 Å². The van der Waals surface area contributed by atoms with Crippen molar-refractivity contribution in [1.82, 2.24) is 4.90 Å². The van der Waals surface area contributed by atoms with Gasteiger partial charge in [0.2, 0.25) is 0 Å². The van der Waals surface area contributed by atoms with Crippen molar-refractivity contribution in [1.29, 1.82) is 0 Å². The van der Waals surface area contributed by atoms with Gasteiger partial charge in [-0.05, 0) is 35.5 Å². The molecule has 10 heteroatoms. The zero-order valence-corrected chi connectivity index (χ0v) is 14.4. The predicted molar refractivity (Wildman–Crippen MR) is 89.3 cm³/mol. The first kappa shape index (κ1) is 18.8. The van der Waals surface area contributed by atoms with Crippen LogP contribution in [-0.2, 0) is 19.1 Å². The van der Waals surface area contributed by atoms with E-state index in [2.05, 4.69) is 4.74 Å². The first-order chi connectivity index (χ1) is 11.8. The molecule has 0 radical (unpaired) electrons. The standard InChI is InChI=1S/C15H12ClNO7S/c1-23-13(20)6-17-14(21)11(25-15(17)22)5-8-2-3-10(9(16)4-8)24-7-12(18)19/h2-5H,6-7H2,1H3,(H,18,19)/b11-5-. The number of ether oxygens (including phenoxy) is 2. The van der Waals surface area contributed by atoms with Crippen LogP contribution in [0.4, 0.5) is 4.79 Å². The van der Waals surface area contributed by atoms with E-state index in [1.54, 1.807) is 6.07 Å². The zero-order chi connectivity index (χ0) is 18.6. The van der Waals surface area contributed by atoms with Crippen LogP contribution in [0, 0.1) is 0 Å². The Balaban J connectivity index is 2.16. The van der Waals surface area contributed by atoms with Crippen molar-refractivity contribution in [3.63, 3.8) is 0 Å². The highest BCUT2D eigenvalue weighted by molar-refractivity contribution is 8.18. The number of carboxylic acid groups (broad SMARTS) is 1. The summed E-state index contributed by atoms with van der Waals surface area (Å²) in [5.74, 6) is -2.27. The van der Waals surface area contributed by atoms with Gasteiger partial charge in [0, 0.05) is 0 Å². The molecule has 1 heterocycles. The number of carbonyl (C=O) groups excluding carboxylic acids is 3. The maximum absolute atomic E-state index is 12.2. The van der Waals surface area contributed by atoms with E-state index in [1.165, 1.54) is 18.2 Å². The third-order valence-corrected chi connectivity index (χ3v) is 4.20. The number of aliphatic carboxylic acids is 1. The van der Waals surface area contributed by atoms with Crippen LogP contribution in [0.15, 0.2) is 23.1 Å². The molecule has 0 aliphatic carbocycles. The SMILES string of the molecule is COC(=O)CN1C(=O)S/C(=C\c2ccc(OCC(=O)O)c(Cl)c2)C1=O. The second-order valence-electron chi connectivity index (χ2n) is 4.72. The molecule has 2 amide bonds. The van der Waals surface area contributed by atoms with Gasteiger partial charge < -0.3 is 14.6 Å². The Bertz CT molecular complexity index is 777. The van der Waals surface area contributed by atoms with E-state index in [-0.39, 0.29) is 15.7 Å². The average Bonchev–Trinajstić information content (AvgIpc) is 2.81. The minimum absolute atomic E-state index is 0.129. The summed E-state index contributed by atoms with van der Waals surface area (Å²) < 4.78 is 9.44. The van der Waals surface area contributed by atoms with E-state index >= 15 is 0 Å². The van der Waals surface area contributed by atoms with Crippen molar-refractivity contribution in [3.8, 4) is 5.75 Å². The van der Waals surface area contributed by atoms with Crippen LogP contribution in [0.3, 0.4) is 0 Å². The quantitative estimate of drug-likeness (QED) is 0.585. The second-order valence-corrected chi connectivity index (χ2v) is 6.12. The lowest BCUT2D eigenvalue weighted by molar-refractivity contribution is -0.143. The Morgan fingerprint density at radius 2 is 2.08 bits per heavy atom. The third-order valence-electron chi connectivity index (χ3n) is 2.99. The molecule has 1 aliphatic heterocycles. The predicted octanol–water partition coefficient (Wildman–Crippen LogP) is 2.01. The largest absolute Gasteiger partial charge is 0.480 e. The Morgan fingerprint density at radius 3 is 2.68 bits per heavy atom. The van der Waals surface area contributed by atoms with E-state index < -0.39 is 36.2 Å². The molecule has 1 saturated heterocycles. The van der Waals surface area contributed by atoms with Gasteiger partial charge in [0.15, 0.2) is 6.61 Å². The lowest BCUT2D eigenvalue weighted by Crippen LogP contribution is -2.34. The van der Waals surface area contributed by atoms with E-state index in [1.807, 2.05) is 0 Å². The number of imide groups is 1. The van der Waals surface area contributed by atoms with Crippen LogP contribution in [0.5, 0.6) is 5.75 Å². The van der Waals surface area contributed by atoms with Gasteiger partial charge in [0.05, 0.1) is 17.0 Å². The van der Waals surface area contributed by atoms with Crippen LogP contribution < -0.4 is 4.74 Å². The number of nitrogens with zero attached hydrogens (tertiary/aromatic N) is 1. The van der Waals surface area contributed by atoms with Crippen LogP contribution >= 0.6 is 23.4 Å². The maximum Gasteiger partial charge on any atom is 0.341 e. The van der Waals surface area contributed by atoms with Gasteiger partial charge in [-0.25, -0.2) is 4.79 Å². The molecule has 2 rings (SSSR count). The molecule has 0 spiro atoms. The second kappa shape index (κ2) is 8.04. The van der Waals surface area contributed by atoms with Crippen LogP contribution in [0.25, 0.3) is 6.08 Å². The Kier molecular flexibility index (Phi) is 6.05. The maximum atomic E-state index is 12.2. The van der Waals surface area contributed by atoms with Gasteiger partial charge in [-0.1, -0.05) is 17.7 Å². The number of halogens is 1. The molecule has 0 unspecified atom stereocenters. The monoisotopic (exact) mass is 385 g/mol. The van der Waals surface area contributed by atoms with E-state index in [0.717, 1.165) is 12.0 Å². The fourth-order valence-corrected chi connectivity index (χ4v) is 2.93. The van der Waals surface area contributed by atoms with Gasteiger partial charge in [-0.2, -0.15) is 0 Å². The van der Waals surface area contributed by atoms with Gasteiger partial charge >= 0.3 is 11.9 Å². The Morgan fingerprint density at radius 1 is 1.36 bits per heavy atom. The highest BCUT2D eigenvalue weighted by Gasteiger charge is 2.36. The van der Waals surface area contributed by atoms with Crippen molar-refractivity contribution >= 4 is 52.5 Å². The van der Waals surface area contributed by atoms with Crippen molar-refractivity contribution in [2.45, 2.75) is 0 Å². The molecule has 132 valence electrons. The molecular formula is C15H12ClNO7S. The molecule has 0 saturated carbocycles. The number of thioether (sulfide) groups is 1. The summed E-state index contributed by atoms with van der Waals surface area (Å²) in [6.07, 6.45) is 1.44. The van der Waals surface area contributed by atoms with E-state index in [4.69, 9.17) is 21.4 Å². The minimum atomic E-state index is -1.14. The van der Waals surface area contributed by atoms with Crippen LogP contribution in [0.1, 0.15) is 5.56 Å². The van der Waals surface area contributed by atoms with Crippen molar-refractivity contribution in [2.75, 3.05) is 20.3 Å². The topological polar surface area (TPSA) is 110 Å². The number of amides is 2. The summed E-state index contributed by atoms with van der Waals surface area (Å²) >= 11 is 6.69. The van der Waals surface area contributed by atoms with Crippen LogP contribution in [0.2, 0.25) is 5.02 Å². The molecule has 1 N–H and O–H groups in total. The highest BCUT2D eigenvalue weighted by Crippen LogP contribution is 2.33. The summed E-state index contributed by atoms with van der Waals surface area (Å²) in [5, 5.41) is 8.16. The highest BCUT2D eigenvalue weighted by atomic mass is 35.5. The lowest BCUT2D eigenvalue weighted by Gasteiger charge is -2.09. The first-order valence-corrected chi connectivity index (χ1v) is 7.97. The number of benzene rings is 1. The molecule has 25 heavy (non-hydrogen) atoms. The molecular weight excluding hydrogens is 374 g/mol. The van der Waals surface area contributed by atoms with E-state index in [9.17, 15) is 19.2 Å². The first-order valence-electron chi connectivity index (χ1n) is 6.78. The number of hydrogen-bond donors (Lipinski definition) is 1. The number of esters is 1. The number of carboxylic acids is 1. The van der Waals surface area contributed by atoms with Crippen molar-refractivity contribution in [2.24, 2.45) is 0 Å². The molecule has 1 fully saturated rings. The van der Waals surface area contributed by atoms with Crippen LogP contribution in [-0.4, -0.2) is 53.4 Å². The minimum Gasteiger partial charge on any atom is -0.480 e. The lowest BCUT2D eigenvalue weighted by atomic mass is 10.2. The molecule has 1 aromatic carbocycles. The molecule has 1 aliphatic rings. The fraction of sp³-hybridized carbons (Fsp3) is 0.200. The summed E-state index contributed by atoms with van der Waals surface area (Å²) in [6, 6.07) is 4.47. The Hall–Kier alpha value is -2.52. The smallest absolute Gasteiger partial charge is 0.341 e. The molecule has 0 atom stereocenters. The van der Waals surface area contributed by atoms with Gasteiger partial charge in [-0.3, -0.25) is 19.3 Å². The van der Waals surface area contributed by atoms with Gasteiger partial charge in [0.1, 0.15) is 12.3 Å². The number of hydrogen-bond acceptors (Lipinski definition) is 7. The summed E-state index contributed by atoms with van der Waals surface area (Å²) in [7, 11) is 1.16. The Labute approximate surface area is 151 Å². The molecule has 0 aromatic heterocycles. The van der Waals surface area contributed by atoms with E-state index in [0.29, 0.717) is 17.3 Å². The molecule has 8 nitrogen and oxygen atoms in total. The average molecular weight is 386 g/mol. The molecule has 0 bridgehead atoms. The summed E-state index contributed by atoms with van der Waals surface area (Å²) in [6.45, 7) is -0.993. The normalized spacial score (nSPS) is 15.6. The van der Waals surface area contributed by atoms with Gasteiger partial charge in [0.25, 0.3) is 11.1 Å². The summed E-state index contributed by atoms with van der Waals surface area (Å²) in [5.41, 5.74) is 0.510. The zero-order valence-electron chi connectivity index (χ0n) is 12.9. The number of carbonyl (C=O) groups is 4. The third kappa shape index (κ3) is 4.74. The number of rotatable bonds is 6. The fourth-order valence-electron chi connectivity index (χ4n) is 1.84. The van der Waals surface area contributed by atoms with Crippen molar-refractivity contribution < 1.29 is 33.8 Å². The summed E-state index contributed by atoms with van der Waals surface area (Å²) in [4.78, 5) is 46.7. The number of methoxy groups -OCH3 is 1.